The third-order valence-corrected chi connectivity index (χ3v) is 7.91. The van der Waals surface area contributed by atoms with Crippen LogP contribution >= 0.6 is 23.4 Å². The Morgan fingerprint density at radius 2 is 1.92 bits per heavy atom. The molecule has 2 fully saturated rings. The molecule has 2 aromatic carbocycles. The third-order valence-electron chi connectivity index (χ3n) is 6.79. The normalized spacial score (nSPS) is 22.1. The van der Waals surface area contributed by atoms with Crippen LogP contribution in [0.2, 0.25) is 5.02 Å². The molecule has 12 heteroatoms. The molecule has 3 aromatic rings. The number of fused-ring (bicyclic) bond motifs is 1. The minimum atomic E-state index is -4.56. The van der Waals surface area contributed by atoms with Crippen molar-refractivity contribution in [3.8, 4) is 0 Å². The van der Waals surface area contributed by atoms with Crippen molar-refractivity contribution in [3.63, 3.8) is 0 Å². The summed E-state index contributed by atoms with van der Waals surface area (Å²) in [5.74, 6) is -0.531. The smallest absolute Gasteiger partial charge is 0.296 e. The van der Waals surface area contributed by atoms with Crippen molar-refractivity contribution < 1.29 is 27.2 Å². The molecular weight excluding hydrogens is 544 g/mol. The Morgan fingerprint density at radius 3 is 2.61 bits per heavy atom. The maximum absolute atomic E-state index is 14.7. The Labute approximate surface area is 225 Å². The molecule has 2 atom stereocenters. The third kappa shape index (κ3) is 5.06. The molecule has 0 aliphatic carbocycles. The van der Waals surface area contributed by atoms with Crippen LogP contribution in [-0.4, -0.2) is 62.1 Å². The van der Waals surface area contributed by atoms with Gasteiger partial charge in [0.2, 0.25) is 0 Å². The number of amides is 2. The first-order valence-corrected chi connectivity index (χ1v) is 13.1. The van der Waals surface area contributed by atoms with Crippen LogP contribution in [-0.2, 0) is 17.5 Å². The maximum Gasteiger partial charge on any atom is 0.416 e. The fraction of sp³-hybridized carbons (Fsp3) is 0.346. The number of likely N-dealkylation sites (tertiary alicyclic amines) is 1. The second-order valence-corrected chi connectivity index (χ2v) is 11.0. The average Bonchev–Trinajstić information content (AvgIpc) is 3.50. The van der Waals surface area contributed by atoms with E-state index in [1.165, 1.54) is 23.0 Å². The molecule has 2 aliphatic heterocycles. The second-order valence-electron chi connectivity index (χ2n) is 9.60. The summed E-state index contributed by atoms with van der Waals surface area (Å²) >= 11 is 6.55. The molecule has 0 radical (unpaired) electrons. The lowest BCUT2D eigenvalue weighted by atomic mass is 10.1. The van der Waals surface area contributed by atoms with E-state index in [1.807, 2.05) is 18.7 Å². The quantitative estimate of drug-likeness (QED) is 0.271. The lowest BCUT2D eigenvalue weighted by Gasteiger charge is -2.23. The molecule has 38 heavy (non-hydrogen) atoms. The summed E-state index contributed by atoms with van der Waals surface area (Å²) in [4.78, 5) is 28.8. The summed E-state index contributed by atoms with van der Waals surface area (Å²) < 4.78 is 56.7. The topological polar surface area (TPSA) is 58.4 Å². The average molecular weight is 567 g/mol. The van der Waals surface area contributed by atoms with E-state index in [1.54, 1.807) is 24.3 Å². The van der Waals surface area contributed by atoms with Gasteiger partial charge in [-0.05, 0) is 67.1 Å². The van der Waals surface area contributed by atoms with Gasteiger partial charge in [-0.3, -0.25) is 24.1 Å². The van der Waals surface area contributed by atoms with Crippen molar-refractivity contribution in [1.82, 2.24) is 19.6 Å². The Morgan fingerprint density at radius 1 is 1.16 bits per heavy atom. The number of carbonyl (C=O) groups excluding carboxylic acids is 2. The van der Waals surface area contributed by atoms with Crippen LogP contribution in [0.5, 0.6) is 0 Å². The minimum absolute atomic E-state index is 0.00679. The number of halogens is 5. The summed E-state index contributed by atoms with van der Waals surface area (Å²) in [6.45, 7) is 4.22. The zero-order chi connectivity index (χ0) is 27.4. The fourth-order valence-corrected chi connectivity index (χ4v) is 5.85. The van der Waals surface area contributed by atoms with E-state index in [2.05, 4.69) is 5.10 Å². The van der Waals surface area contributed by atoms with Gasteiger partial charge >= 0.3 is 6.18 Å². The van der Waals surface area contributed by atoms with Crippen LogP contribution in [0.3, 0.4) is 0 Å². The molecule has 0 unspecified atom stereocenters. The SMILES string of the molecule is CC(C)N1C[C@H](F)[C@@H](N2C(=O)S/C(=C\c3ccc4c(cnn4Cc4ccc(Cl)cc4C(F)(F)F)c3)C2=O)C1. The number of thioether (sulfide) groups is 1. The highest BCUT2D eigenvalue weighted by atomic mass is 35.5. The summed E-state index contributed by atoms with van der Waals surface area (Å²) in [7, 11) is 0. The predicted molar refractivity (Wildman–Crippen MR) is 138 cm³/mol. The van der Waals surface area contributed by atoms with E-state index in [4.69, 9.17) is 11.6 Å². The summed E-state index contributed by atoms with van der Waals surface area (Å²) in [6.07, 6.45) is -2.79. The highest BCUT2D eigenvalue weighted by molar-refractivity contribution is 8.18. The number of alkyl halides is 4. The Bertz CT molecular complexity index is 1450. The van der Waals surface area contributed by atoms with Crippen molar-refractivity contribution in [1.29, 1.82) is 0 Å². The Hall–Kier alpha value is -2.89. The first-order valence-electron chi connectivity index (χ1n) is 11.9. The van der Waals surface area contributed by atoms with Gasteiger partial charge in [0.05, 0.1) is 34.8 Å². The number of imide groups is 1. The molecule has 6 nitrogen and oxygen atoms in total. The number of carbonyl (C=O) groups is 2. The zero-order valence-corrected chi connectivity index (χ0v) is 21.9. The lowest BCUT2D eigenvalue weighted by molar-refractivity contribution is -0.138. The lowest BCUT2D eigenvalue weighted by Crippen LogP contribution is -2.44. The van der Waals surface area contributed by atoms with E-state index in [-0.39, 0.29) is 34.6 Å². The molecule has 0 spiro atoms. The van der Waals surface area contributed by atoms with Crippen LogP contribution in [0.1, 0.15) is 30.5 Å². The molecule has 0 N–H and O–H groups in total. The van der Waals surface area contributed by atoms with Crippen LogP contribution < -0.4 is 0 Å². The zero-order valence-electron chi connectivity index (χ0n) is 20.4. The molecule has 1 aromatic heterocycles. The van der Waals surface area contributed by atoms with Crippen LogP contribution in [0, 0.1) is 0 Å². The van der Waals surface area contributed by atoms with Gasteiger partial charge in [-0.2, -0.15) is 18.3 Å². The Balaban J connectivity index is 1.38. The van der Waals surface area contributed by atoms with Crippen molar-refractivity contribution in [2.45, 2.75) is 44.8 Å². The van der Waals surface area contributed by atoms with Crippen LogP contribution in [0.4, 0.5) is 22.4 Å². The number of benzene rings is 2. The standard InChI is InChI=1S/C26H23ClF4N4O2S/c1-14(2)33-12-20(28)22(13-33)35-24(36)23(38-25(35)37)8-15-3-6-21-17(7-15)10-32-34(21)11-16-4-5-18(27)9-19(16)26(29,30)31/h3-10,14,20,22H,11-13H2,1-2H3/b23-8-/t20-,22-/m0/s1. The molecule has 0 bridgehead atoms. The van der Waals surface area contributed by atoms with Gasteiger partial charge in [-0.1, -0.05) is 23.7 Å². The van der Waals surface area contributed by atoms with Gasteiger partial charge in [0, 0.05) is 29.5 Å². The number of rotatable bonds is 5. The van der Waals surface area contributed by atoms with Crippen LogP contribution in [0.15, 0.2) is 47.5 Å². The first kappa shape index (κ1) is 26.7. The number of hydrogen-bond donors (Lipinski definition) is 0. The Kier molecular flexibility index (Phi) is 7.04. The van der Waals surface area contributed by atoms with Gasteiger partial charge in [-0.25, -0.2) is 4.39 Å². The van der Waals surface area contributed by atoms with E-state index in [0.29, 0.717) is 23.0 Å². The van der Waals surface area contributed by atoms with Gasteiger partial charge in [-0.15, -0.1) is 0 Å². The van der Waals surface area contributed by atoms with E-state index in [9.17, 15) is 27.2 Å². The highest BCUT2D eigenvalue weighted by Gasteiger charge is 2.47. The fourth-order valence-electron chi connectivity index (χ4n) is 4.79. The molecule has 200 valence electrons. The number of aromatic nitrogens is 2. The summed E-state index contributed by atoms with van der Waals surface area (Å²) in [5.41, 5.74) is 0.407. The molecule has 2 amide bonds. The molecule has 3 heterocycles. The van der Waals surface area contributed by atoms with Crippen LogP contribution in [0.25, 0.3) is 17.0 Å². The second kappa shape index (κ2) is 10.0. The highest BCUT2D eigenvalue weighted by Crippen LogP contribution is 2.37. The summed E-state index contributed by atoms with van der Waals surface area (Å²) in [6, 6.07) is 8.01. The summed E-state index contributed by atoms with van der Waals surface area (Å²) in [5, 5.41) is 4.38. The van der Waals surface area contributed by atoms with Crippen molar-refractivity contribution >= 4 is 51.5 Å². The van der Waals surface area contributed by atoms with Crippen molar-refractivity contribution in [2.24, 2.45) is 0 Å². The minimum Gasteiger partial charge on any atom is -0.296 e. The first-order chi connectivity index (χ1) is 17.9. The number of hydrogen-bond acceptors (Lipinski definition) is 5. The van der Waals surface area contributed by atoms with E-state index >= 15 is 0 Å². The van der Waals surface area contributed by atoms with E-state index in [0.717, 1.165) is 22.7 Å². The van der Waals surface area contributed by atoms with Crippen molar-refractivity contribution in [2.75, 3.05) is 13.1 Å². The molecule has 2 aliphatic rings. The van der Waals surface area contributed by atoms with Crippen molar-refractivity contribution in [3.05, 3.63) is 69.2 Å². The van der Waals surface area contributed by atoms with Gasteiger partial charge in [0.1, 0.15) is 6.17 Å². The molecule has 2 saturated heterocycles. The molecule has 0 saturated carbocycles. The largest absolute Gasteiger partial charge is 0.416 e. The monoisotopic (exact) mass is 566 g/mol. The predicted octanol–water partition coefficient (Wildman–Crippen LogP) is 6.22. The number of nitrogens with zero attached hydrogens (tertiary/aromatic N) is 4. The maximum atomic E-state index is 14.7. The van der Waals surface area contributed by atoms with Gasteiger partial charge in [0.15, 0.2) is 0 Å². The molecule has 5 rings (SSSR count). The van der Waals surface area contributed by atoms with Gasteiger partial charge in [0.25, 0.3) is 11.1 Å². The van der Waals surface area contributed by atoms with E-state index < -0.39 is 35.1 Å². The van der Waals surface area contributed by atoms with Gasteiger partial charge < -0.3 is 0 Å². The molecular formula is C26H23ClF4N4O2S.